The Morgan fingerprint density at radius 3 is 2.71 bits per heavy atom. The predicted octanol–water partition coefficient (Wildman–Crippen LogP) is 2.82. The molecule has 0 radical (unpaired) electrons. The second-order valence-corrected chi connectivity index (χ2v) is 7.55. The van der Waals surface area contributed by atoms with Gasteiger partial charge in [0, 0.05) is 30.8 Å². The molecule has 5 nitrogen and oxygen atoms in total. The molecule has 24 heavy (non-hydrogen) atoms. The van der Waals surface area contributed by atoms with Gasteiger partial charge in [0.15, 0.2) is 0 Å². The van der Waals surface area contributed by atoms with Gasteiger partial charge in [-0.25, -0.2) is 0 Å². The molecule has 1 amide bonds. The number of carbonyl (C=O) groups is 2. The Balaban J connectivity index is 1.91. The lowest BCUT2D eigenvalue weighted by molar-refractivity contribution is -0.149. The van der Waals surface area contributed by atoms with Crippen molar-refractivity contribution in [1.82, 2.24) is 4.90 Å². The minimum Gasteiger partial charge on any atom is -0.481 e. The van der Waals surface area contributed by atoms with Crippen LogP contribution < -0.4 is 0 Å². The number of amides is 1. The standard InChI is InChI=1S/C18H22BrNO4/c19-15-5-1-4-14(11-15)18(6-9-24-10-7-18)17(23)20-8-2-3-13(12-20)16(21)22/h1,4-5,11,13H,2-3,6-10,12H2,(H,21,22)/t13-/m1/s1. The summed E-state index contributed by atoms with van der Waals surface area (Å²) in [5.74, 6) is -1.21. The van der Waals surface area contributed by atoms with Crippen LogP contribution in [0.5, 0.6) is 0 Å². The molecule has 1 atom stereocenters. The van der Waals surface area contributed by atoms with Crippen molar-refractivity contribution in [2.24, 2.45) is 5.92 Å². The van der Waals surface area contributed by atoms with E-state index in [9.17, 15) is 14.7 Å². The summed E-state index contributed by atoms with van der Waals surface area (Å²) in [5.41, 5.74) is 0.380. The van der Waals surface area contributed by atoms with Gasteiger partial charge in [-0.2, -0.15) is 0 Å². The normalized spacial score (nSPS) is 23.7. The fourth-order valence-electron chi connectivity index (χ4n) is 3.80. The zero-order chi connectivity index (χ0) is 17.2. The number of aliphatic carboxylic acids is 1. The molecule has 1 N–H and O–H groups in total. The van der Waals surface area contributed by atoms with E-state index in [1.54, 1.807) is 4.90 Å². The van der Waals surface area contributed by atoms with E-state index >= 15 is 0 Å². The number of likely N-dealkylation sites (tertiary alicyclic amines) is 1. The third kappa shape index (κ3) is 3.35. The van der Waals surface area contributed by atoms with E-state index in [-0.39, 0.29) is 5.91 Å². The quantitative estimate of drug-likeness (QED) is 0.854. The molecule has 0 aromatic heterocycles. The van der Waals surface area contributed by atoms with Gasteiger partial charge in [-0.1, -0.05) is 28.1 Å². The van der Waals surface area contributed by atoms with E-state index in [1.165, 1.54) is 0 Å². The SMILES string of the molecule is O=C(O)[C@@H]1CCCN(C(=O)C2(c3cccc(Br)c3)CCOCC2)C1. The third-order valence-electron chi connectivity index (χ3n) is 5.19. The van der Waals surface area contributed by atoms with Crippen LogP contribution in [0.25, 0.3) is 0 Å². The molecule has 0 bridgehead atoms. The maximum Gasteiger partial charge on any atom is 0.308 e. The summed E-state index contributed by atoms with van der Waals surface area (Å²) in [4.78, 5) is 26.5. The smallest absolute Gasteiger partial charge is 0.308 e. The molecule has 6 heteroatoms. The molecule has 3 rings (SSSR count). The van der Waals surface area contributed by atoms with Crippen molar-refractivity contribution in [1.29, 1.82) is 0 Å². The van der Waals surface area contributed by atoms with Crippen molar-refractivity contribution < 1.29 is 19.4 Å². The highest BCUT2D eigenvalue weighted by atomic mass is 79.9. The lowest BCUT2D eigenvalue weighted by atomic mass is 9.72. The van der Waals surface area contributed by atoms with Crippen LogP contribution in [-0.4, -0.2) is 48.2 Å². The number of carbonyl (C=O) groups excluding carboxylic acids is 1. The van der Waals surface area contributed by atoms with Crippen LogP contribution in [0.2, 0.25) is 0 Å². The van der Waals surface area contributed by atoms with E-state index in [1.807, 2.05) is 24.3 Å². The highest BCUT2D eigenvalue weighted by Gasteiger charge is 2.45. The number of piperidine rings is 1. The Labute approximate surface area is 150 Å². The second kappa shape index (κ2) is 7.23. The van der Waals surface area contributed by atoms with Gasteiger partial charge >= 0.3 is 5.97 Å². The Hall–Kier alpha value is -1.40. The van der Waals surface area contributed by atoms with Crippen LogP contribution in [0.3, 0.4) is 0 Å². The van der Waals surface area contributed by atoms with Crippen LogP contribution in [0, 0.1) is 5.92 Å². The average molecular weight is 396 g/mol. The van der Waals surface area contributed by atoms with E-state index in [0.717, 1.165) is 16.5 Å². The van der Waals surface area contributed by atoms with Crippen LogP contribution in [0.1, 0.15) is 31.2 Å². The number of hydrogen-bond donors (Lipinski definition) is 1. The molecule has 2 aliphatic heterocycles. The van der Waals surface area contributed by atoms with Gasteiger partial charge in [0.05, 0.1) is 11.3 Å². The Morgan fingerprint density at radius 2 is 2.04 bits per heavy atom. The molecule has 2 fully saturated rings. The zero-order valence-electron chi connectivity index (χ0n) is 13.5. The molecule has 0 aliphatic carbocycles. The summed E-state index contributed by atoms with van der Waals surface area (Å²) in [6, 6.07) is 7.89. The van der Waals surface area contributed by atoms with Gasteiger partial charge in [0.25, 0.3) is 0 Å². The highest BCUT2D eigenvalue weighted by molar-refractivity contribution is 9.10. The number of carboxylic acids is 1. The average Bonchev–Trinajstić information content (AvgIpc) is 2.61. The van der Waals surface area contributed by atoms with Gasteiger partial charge in [-0.05, 0) is 43.4 Å². The van der Waals surface area contributed by atoms with Crippen molar-refractivity contribution >= 4 is 27.8 Å². The molecular weight excluding hydrogens is 374 g/mol. The maximum atomic E-state index is 13.4. The first-order valence-corrected chi connectivity index (χ1v) is 9.18. The van der Waals surface area contributed by atoms with Crippen LogP contribution in [0.15, 0.2) is 28.7 Å². The largest absolute Gasteiger partial charge is 0.481 e. The first kappa shape index (κ1) is 17.4. The number of carboxylic acid groups (broad SMARTS) is 1. The third-order valence-corrected chi connectivity index (χ3v) is 5.68. The summed E-state index contributed by atoms with van der Waals surface area (Å²) < 4.78 is 6.44. The Kier molecular flexibility index (Phi) is 5.25. The second-order valence-electron chi connectivity index (χ2n) is 6.63. The number of rotatable bonds is 3. The fourth-order valence-corrected chi connectivity index (χ4v) is 4.20. The van der Waals surface area contributed by atoms with Crippen molar-refractivity contribution in [3.63, 3.8) is 0 Å². The molecular formula is C18H22BrNO4. The maximum absolute atomic E-state index is 13.4. The van der Waals surface area contributed by atoms with Crippen LogP contribution in [0.4, 0.5) is 0 Å². The summed E-state index contributed by atoms with van der Waals surface area (Å²) in [6.07, 6.45) is 2.66. The Morgan fingerprint density at radius 1 is 1.29 bits per heavy atom. The lowest BCUT2D eigenvalue weighted by Crippen LogP contribution is -2.53. The summed E-state index contributed by atoms with van der Waals surface area (Å²) >= 11 is 3.49. The summed E-state index contributed by atoms with van der Waals surface area (Å²) in [6.45, 7) is 2.05. The molecule has 1 aromatic rings. The molecule has 130 valence electrons. The minimum atomic E-state index is -0.809. The molecule has 0 spiro atoms. The van der Waals surface area contributed by atoms with E-state index < -0.39 is 17.3 Å². The topological polar surface area (TPSA) is 66.8 Å². The molecule has 0 unspecified atom stereocenters. The number of halogens is 1. The lowest BCUT2D eigenvalue weighted by Gasteiger charge is -2.42. The fraction of sp³-hybridized carbons (Fsp3) is 0.556. The van der Waals surface area contributed by atoms with Gasteiger partial charge in [-0.3, -0.25) is 9.59 Å². The van der Waals surface area contributed by atoms with Crippen LogP contribution in [-0.2, 0) is 19.7 Å². The van der Waals surface area contributed by atoms with Gasteiger partial charge in [0.1, 0.15) is 0 Å². The minimum absolute atomic E-state index is 0.0508. The van der Waals surface area contributed by atoms with Crippen LogP contribution >= 0.6 is 15.9 Å². The number of nitrogens with zero attached hydrogens (tertiary/aromatic N) is 1. The number of hydrogen-bond acceptors (Lipinski definition) is 3. The van der Waals surface area contributed by atoms with Crippen molar-refractivity contribution in [3.8, 4) is 0 Å². The van der Waals surface area contributed by atoms with E-state index in [4.69, 9.17) is 4.74 Å². The molecule has 2 aliphatic rings. The molecule has 0 saturated carbocycles. The van der Waals surface area contributed by atoms with Crippen molar-refractivity contribution in [3.05, 3.63) is 34.3 Å². The number of ether oxygens (including phenoxy) is 1. The summed E-state index contributed by atoms with van der Waals surface area (Å²) in [7, 11) is 0. The summed E-state index contributed by atoms with van der Waals surface area (Å²) in [5, 5.41) is 9.30. The monoisotopic (exact) mass is 395 g/mol. The molecule has 1 aromatic carbocycles. The van der Waals surface area contributed by atoms with Gasteiger partial charge in [-0.15, -0.1) is 0 Å². The van der Waals surface area contributed by atoms with E-state index in [0.29, 0.717) is 45.6 Å². The van der Waals surface area contributed by atoms with Crippen molar-refractivity contribution in [2.75, 3.05) is 26.3 Å². The molecule has 2 saturated heterocycles. The number of benzene rings is 1. The van der Waals surface area contributed by atoms with E-state index in [2.05, 4.69) is 15.9 Å². The molecule has 2 heterocycles. The first-order chi connectivity index (χ1) is 11.5. The zero-order valence-corrected chi connectivity index (χ0v) is 15.1. The first-order valence-electron chi connectivity index (χ1n) is 8.39. The Bertz CT molecular complexity index is 627. The highest BCUT2D eigenvalue weighted by Crippen LogP contribution is 2.38. The van der Waals surface area contributed by atoms with Gasteiger partial charge < -0.3 is 14.7 Å². The predicted molar refractivity (Wildman–Crippen MR) is 92.8 cm³/mol. The van der Waals surface area contributed by atoms with Gasteiger partial charge in [0.2, 0.25) is 5.91 Å². The van der Waals surface area contributed by atoms with Crippen molar-refractivity contribution in [2.45, 2.75) is 31.1 Å².